The molecule has 88 valence electrons. The molecule has 0 saturated heterocycles. The minimum atomic E-state index is -0.178. The molecule has 0 radical (unpaired) electrons. The van der Waals surface area contributed by atoms with Gasteiger partial charge in [-0.2, -0.15) is 0 Å². The highest BCUT2D eigenvalue weighted by atomic mass is 16.5. The Hall–Kier alpha value is -1.43. The van der Waals surface area contributed by atoms with Crippen LogP contribution in [0.5, 0.6) is 0 Å². The lowest BCUT2D eigenvalue weighted by Crippen LogP contribution is -2.38. The number of aromatic nitrogens is 3. The predicted molar refractivity (Wildman–Crippen MR) is 56.5 cm³/mol. The fraction of sp³-hybridized carbons (Fsp3) is 0.700. The molecule has 0 unspecified atom stereocenters. The van der Waals surface area contributed by atoms with E-state index in [1.807, 2.05) is 23.3 Å². The third-order valence-electron chi connectivity index (χ3n) is 2.44. The number of hydrogen-bond donors (Lipinski definition) is 0. The van der Waals surface area contributed by atoms with Crippen LogP contribution in [0.25, 0.3) is 0 Å². The van der Waals surface area contributed by atoms with Crippen LogP contribution in [0.1, 0.15) is 19.7 Å². The number of carbonyl (C=O) groups is 1. The standard InChI is InChI=1S/C10H16N4O2/c1-8(2)16-10(15)6-13-3-4-14-7-11-12-9(14)5-13/h7-8H,3-6H2,1-2H3. The molecule has 0 amide bonds. The first-order valence-electron chi connectivity index (χ1n) is 5.43. The number of rotatable bonds is 3. The van der Waals surface area contributed by atoms with Gasteiger partial charge in [0.15, 0.2) is 0 Å². The first-order chi connectivity index (χ1) is 7.65. The average molecular weight is 224 g/mol. The SMILES string of the molecule is CC(C)OC(=O)CN1CCn2cnnc2C1. The first kappa shape index (κ1) is 11.1. The van der Waals surface area contributed by atoms with Crippen LogP contribution in [0.2, 0.25) is 0 Å². The van der Waals surface area contributed by atoms with Crippen molar-refractivity contribution >= 4 is 5.97 Å². The van der Waals surface area contributed by atoms with Gasteiger partial charge in [0.25, 0.3) is 0 Å². The topological polar surface area (TPSA) is 60.2 Å². The van der Waals surface area contributed by atoms with Gasteiger partial charge in [0.2, 0.25) is 0 Å². The summed E-state index contributed by atoms with van der Waals surface area (Å²) in [6.45, 7) is 6.35. The number of nitrogens with zero attached hydrogens (tertiary/aromatic N) is 4. The van der Waals surface area contributed by atoms with Crippen LogP contribution in [0.3, 0.4) is 0 Å². The molecule has 2 heterocycles. The molecule has 0 atom stereocenters. The van der Waals surface area contributed by atoms with E-state index in [-0.39, 0.29) is 12.1 Å². The number of fused-ring (bicyclic) bond motifs is 1. The van der Waals surface area contributed by atoms with Crippen molar-refractivity contribution in [3.05, 3.63) is 12.2 Å². The Bertz CT molecular complexity index is 375. The Labute approximate surface area is 94.2 Å². The summed E-state index contributed by atoms with van der Waals surface area (Å²) < 4.78 is 7.10. The number of carbonyl (C=O) groups excluding carboxylic acids is 1. The Kier molecular flexibility index (Phi) is 3.19. The van der Waals surface area contributed by atoms with E-state index in [1.165, 1.54) is 0 Å². The molecule has 2 rings (SSSR count). The van der Waals surface area contributed by atoms with Crippen molar-refractivity contribution in [2.45, 2.75) is 33.0 Å². The van der Waals surface area contributed by atoms with E-state index >= 15 is 0 Å². The maximum Gasteiger partial charge on any atom is 0.320 e. The van der Waals surface area contributed by atoms with Gasteiger partial charge in [-0.3, -0.25) is 9.69 Å². The lowest BCUT2D eigenvalue weighted by Gasteiger charge is -2.26. The molecule has 0 fully saturated rings. The molecule has 0 saturated carbocycles. The van der Waals surface area contributed by atoms with Crippen molar-refractivity contribution in [3.63, 3.8) is 0 Å². The third kappa shape index (κ3) is 2.57. The Balaban J connectivity index is 1.87. The summed E-state index contributed by atoms with van der Waals surface area (Å²) in [6.07, 6.45) is 1.67. The molecule has 0 spiro atoms. The quantitative estimate of drug-likeness (QED) is 0.679. The van der Waals surface area contributed by atoms with Gasteiger partial charge in [-0.25, -0.2) is 0 Å². The van der Waals surface area contributed by atoms with Crippen LogP contribution >= 0.6 is 0 Å². The molecule has 0 bridgehead atoms. The highest BCUT2D eigenvalue weighted by Gasteiger charge is 2.20. The molecule has 16 heavy (non-hydrogen) atoms. The molecule has 1 aromatic heterocycles. The third-order valence-corrected chi connectivity index (χ3v) is 2.44. The Morgan fingerprint density at radius 1 is 1.56 bits per heavy atom. The number of hydrogen-bond acceptors (Lipinski definition) is 5. The van der Waals surface area contributed by atoms with E-state index in [0.29, 0.717) is 13.1 Å². The molecule has 1 aromatic rings. The van der Waals surface area contributed by atoms with Crippen molar-refractivity contribution in [1.29, 1.82) is 0 Å². The minimum absolute atomic E-state index is 0.0547. The molecule has 0 aromatic carbocycles. The van der Waals surface area contributed by atoms with Crippen LogP contribution in [-0.4, -0.2) is 44.8 Å². The van der Waals surface area contributed by atoms with Crippen molar-refractivity contribution in [2.75, 3.05) is 13.1 Å². The second kappa shape index (κ2) is 4.61. The van der Waals surface area contributed by atoms with Crippen LogP contribution in [0.4, 0.5) is 0 Å². The summed E-state index contributed by atoms with van der Waals surface area (Å²) in [5, 5.41) is 7.83. The highest BCUT2D eigenvalue weighted by Crippen LogP contribution is 2.08. The average Bonchev–Trinajstić information content (AvgIpc) is 2.63. The summed E-state index contributed by atoms with van der Waals surface area (Å²) >= 11 is 0. The normalized spacial score (nSPS) is 16.2. The van der Waals surface area contributed by atoms with E-state index < -0.39 is 0 Å². The molecule has 1 aliphatic heterocycles. The smallest absolute Gasteiger partial charge is 0.320 e. The molecular weight excluding hydrogens is 208 g/mol. The van der Waals surface area contributed by atoms with E-state index in [0.717, 1.165) is 18.9 Å². The van der Waals surface area contributed by atoms with E-state index in [2.05, 4.69) is 10.2 Å². The zero-order valence-corrected chi connectivity index (χ0v) is 9.59. The van der Waals surface area contributed by atoms with Gasteiger partial charge in [-0.05, 0) is 13.8 Å². The lowest BCUT2D eigenvalue weighted by atomic mass is 10.3. The highest BCUT2D eigenvalue weighted by molar-refractivity contribution is 5.71. The van der Waals surface area contributed by atoms with Crippen molar-refractivity contribution in [3.8, 4) is 0 Å². The van der Waals surface area contributed by atoms with Crippen LogP contribution in [-0.2, 0) is 22.6 Å². The van der Waals surface area contributed by atoms with Gasteiger partial charge < -0.3 is 9.30 Å². The summed E-state index contributed by atoms with van der Waals surface area (Å²) in [7, 11) is 0. The van der Waals surface area contributed by atoms with Crippen molar-refractivity contribution < 1.29 is 9.53 Å². The lowest BCUT2D eigenvalue weighted by molar-refractivity contribution is -0.149. The van der Waals surface area contributed by atoms with Crippen LogP contribution in [0.15, 0.2) is 6.33 Å². The molecule has 6 nitrogen and oxygen atoms in total. The fourth-order valence-corrected chi connectivity index (χ4v) is 1.73. The van der Waals surface area contributed by atoms with Gasteiger partial charge in [-0.15, -0.1) is 10.2 Å². The fourth-order valence-electron chi connectivity index (χ4n) is 1.73. The zero-order valence-electron chi connectivity index (χ0n) is 9.59. The summed E-state index contributed by atoms with van der Waals surface area (Å²) in [5.41, 5.74) is 0. The van der Waals surface area contributed by atoms with Gasteiger partial charge in [0.1, 0.15) is 12.2 Å². The molecule has 6 heteroatoms. The van der Waals surface area contributed by atoms with E-state index in [1.54, 1.807) is 6.33 Å². The van der Waals surface area contributed by atoms with Crippen molar-refractivity contribution in [2.24, 2.45) is 0 Å². The second-order valence-corrected chi connectivity index (χ2v) is 4.19. The minimum Gasteiger partial charge on any atom is -0.462 e. The maximum absolute atomic E-state index is 11.5. The summed E-state index contributed by atoms with van der Waals surface area (Å²) in [4.78, 5) is 13.5. The van der Waals surface area contributed by atoms with Crippen LogP contribution in [0, 0.1) is 0 Å². The summed E-state index contributed by atoms with van der Waals surface area (Å²) in [5.74, 6) is 0.728. The summed E-state index contributed by atoms with van der Waals surface area (Å²) in [6, 6.07) is 0. The molecular formula is C10H16N4O2. The zero-order chi connectivity index (χ0) is 11.5. The largest absolute Gasteiger partial charge is 0.462 e. The molecule has 0 N–H and O–H groups in total. The van der Waals surface area contributed by atoms with Crippen molar-refractivity contribution in [1.82, 2.24) is 19.7 Å². The van der Waals surface area contributed by atoms with E-state index in [4.69, 9.17) is 4.74 Å². The second-order valence-electron chi connectivity index (χ2n) is 4.19. The maximum atomic E-state index is 11.5. The van der Waals surface area contributed by atoms with Gasteiger partial charge >= 0.3 is 5.97 Å². The van der Waals surface area contributed by atoms with Crippen LogP contribution < -0.4 is 0 Å². The van der Waals surface area contributed by atoms with Gasteiger partial charge in [-0.1, -0.05) is 0 Å². The number of ether oxygens (including phenoxy) is 1. The Morgan fingerprint density at radius 2 is 2.38 bits per heavy atom. The monoisotopic (exact) mass is 224 g/mol. The van der Waals surface area contributed by atoms with Gasteiger partial charge in [0.05, 0.1) is 19.2 Å². The van der Waals surface area contributed by atoms with Gasteiger partial charge in [0, 0.05) is 13.1 Å². The molecule has 0 aliphatic carbocycles. The number of esters is 1. The van der Waals surface area contributed by atoms with E-state index in [9.17, 15) is 4.79 Å². The molecule has 1 aliphatic rings. The Morgan fingerprint density at radius 3 is 3.12 bits per heavy atom. The predicted octanol–water partition coefficient (Wildman–Crippen LogP) is 0.0453. The first-order valence-corrected chi connectivity index (χ1v) is 5.43.